The van der Waals surface area contributed by atoms with Crippen LogP contribution in [0.2, 0.25) is 0 Å². The van der Waals surface area contributed by atoms with Crippen molar-refractivity contribution in [2.24, 2.45) is 5.92 Å². The van der Waals surface area contributed by atoms with E-state index in [4.69, 9.17) is 4.74 Å². The van der Waals surface area contributed by atoms with Crippen LogP contribution in [0.5, 0.6) is 5.75 Å². The second-order valence-electron chi connectivity index (χ2n) is 5.29. The lowest BCUT2D eigenvalue weighted by atomic mass is 10.1. The molecule has 0 aromatic heterocycles. The van der Waals surface area contributed by atoms with Gasteiger partial charge >= 0.3 is 0 Å². The first-order valence-electron chi connectivity index (χ1n) is 7.09. The van der Waals surface area contributed by atoms with Gasteiger partial charge in [-0.15, -0.1) is 0 Å². The summed E-state index contributed by atoms with van der Waals surface area (Å²) in [5.74, 6) is 1.66. The number of hydrogen-bond acceptors (Lipinski definition) is 2. The van der Waals surface area contributed by atoms with E-state index in [0.717, 1.165) is 25.3 Å². The van der Waals surface area contributed by atoms with Crippen LogP contribution in [-0.4, -0.2) is 13.2 Å². The maximum Gasteiger partial charge on any atom is 0.119 e. The number of rotatable bonds is 8. The molecule has 1 aromatic rings. The van der Waals surface area contributed by atoms with Gasteiger partial charge in [0.15, 0.2) is 0 Å². The molecule has 102 valence electrons. The van der Waals surface area contributed by atoms with Crippen LogP contribution in [0.1, 0.15) is 52.1 Å². The van der Waals surface area contributed by atoms with Gasteiger partial charge in [0, 0.05) is 6.04 Å². The van der Waals surface area contributed by atoms with Crippen LogP contribution in [0.3, 0.4) is 0 Å². The Labute approximate surface area is 112 Å². The molecule has 0 aliphatic carbocycles. The van der Waals surface area contributed by atoms with Crippen molar-refractivity contribution in [1.29, 1.82) is 0 Å². The highest BCUT2D eigenvalue weighted by atomic mass is 16.5. The Morgan fingerprint density at radius 3 is 2.33 bits per heavy atom. The van der Waals surface area contributed by atoms with Crippen molar-refractivity contribution in [2.45, 2.75) is 46.6 Å². The van der Waals surface area contributed by atoms with Crippen molar-refractivity contribution < 1.29 is 4.74 Å². The molecular weight excluding hydrogens is 222 g/mol. The lowest BCUT2D eigenvalue weighted by Crippen LogP contribution is -2.23. The van der Waals surface area contributed by atoms with Gasteiger partial charge in [-0.3, -0.25) is 0 Å². The van der Waals surface area contributed by atoms with Crippen LogP contribution in [0.25, 0.3) is 0 Å². The first kappa shape index (κ1) is 15.0. The molecule has 0 radical (unpaired) electrons. The molecule has 0 amide bonds. The van der Waals surface area contributed by atoms with Crippen LogP contribution < -0.4 is 10.1 Å². The number of benzene rings is 1. The highest BCUT2D eigenvalue weighted by Gasteiger charge is 2.05. The largest absolute Gasteiger partial charge is 0.494 e. The number of unbranched alkanes of at least 4 members (excludes halogenated alkanes) is 1. The Bertz CT molecular complexity index is 318. The van der Waals surface area contributed by atoms with Gasteiger partial charge in [0.2, 0.25) is 0 Å². The zero-order valence-electron chi connectivity index (χ0n) is 12.2. The fourth-order valence-electron chi connectivity index (χ4n) is 1.72. The summed E-state index contributed by atoms with van der Waals surface area (Å²) in [6.07, 6.45) is 2.29. The Hall–Kier alpha value is -1.02. The number of hydrogen-bond donors (Lipinski definition) is 1. The molecule has 2 nitrogen and oxygen atoms in total. The van der Waals surface area contributed by atoms with Gasteiger partial charge in [0.25, 0.3) is 0 Å². The quantitative estimate of drug-likeness (QED) is 0.698. The van der Waals surface area contributed by atoms with Crippen molar-refractivity contribution in [3.05, 3.63) is 29.8 Å². The van der Waals surface area contributed by atoms with Crippen molar-refractivity contribution in [3.63, 3.8) is 0 Å². The molecule has 2 heteroatoms. The molecule has 0 aliphatic rings. The normalized spacial score (nSPS) is 12.7. The Morgan fingerprint density at radius 2 is 1.78 bits per heavy atom. The van der Waals surface area contributed by atoms with Gasteiger partial charge in [0.05, 0.1) is 6.61 Å². The highest BCUT2D eigenvalue weighted by molar-refractivity contribution is 5.28. The molecule has 0 unspecified atom stereocenters. The Kier molecular flexibility index (Phi) is 6.81. The fourth-order valence-corrected chi connectivity index (χ4v) is 1.72. The number of ether oxygens (including phenoxy) is 1. The van der Waals surface area contributed by atoms with Gasteiger partial charge in [-0.1, -0.05) is 39.3 Å². The van der Waals surface area contributed by atoms with E-state index in [-0.39, 0.29) is 0 Å². The average molecular weight is 249 g/mol. The first-order valence-corrected chi connectivity index (χ1v) is 7.09. The molecule has 0 bridgehead atoms. The summed E-state index contributed by atoms with van der Waals surface area (Å²) >= 11 is 0. The second-order valence-corrected chi connectivity index (χ2v) is 5.29. The van der Waals surface area contributed by atoms with E-state index in [1.54, 1.807) is 0 Å². The topological polar surface area (TPSA) is 21.3 Å². The van der Waals surface area contributed by atoms with Crippen LogP contribution in [0.4, 0.5) is 0 Å². The third-order valence-corrected chi connectivity index (χ3v) is 2.98. The Balaban J connectivity index is 2.43. The first-order chi connectivity index (χ1) is 8.63. The summed E-state index contributed by atoms with van der Waals surface area (Å²) in [6.45, 7) is 10.7. The zero-order valence-corrected chi connectivity index (χ0v) is 12.2. The van der Waals surface area contributed by atoms with Crippen molar-refractivity contribution in [2.75, 3.05) is 13.2 Å². The third-order valence-electron chi connectivity index (χ3n) is 2.98. The molecule has 0 saturated carbocycles. The van der Waals surface area contributed by atoms with E-state index in [0.29, 0.717) is 12.0 Å². The molecule has 1 aromatic carbocycles. The highest BCUT2D eigenvalue weighted by Crippen LogP contribution is 2.18. The Morgan fingerprint density at radius 1 is 1.11 bits per heavy atom. The van der Waals surface area contributed by atoms with Crippen molar-refractivity contribution >= 4 is 0 Å². The van der Waals surface area contributed by atoms with E-state index in [1.807, 2.05) is 0 Å². The summed E-state index contributed by atoms with van der Waals surface area (Å²) < 4.78 is 5.66. The zero-order chi connectivity index (χ0) is 13.4. The summed E-state index contributed by atoms with van der Waals surface area (Å²) in [5.41, 5.74) is 1.32. The predicted octanol–water partition coefficient (Wildman–Crippen LogP) is 4.17. The van der Waals surface area contributed by atoms with E-state index in [2.05, 4.69) is 57.3 Å². The van der Waals surface area contributed by atoms with Crippen molar-refractivity contribution in [1.82, 2.24) is 5.32 Å². The smallest absolute Gasteiger partial charge is 0.119 e. The minimum atomic E-state index is 0.400. The SMILES string of the molecule is CCCCOc1ccc([C@@H](C)NCC(C)C)cc1. The van der Waals surface area contributed by atoms with E-state index < -0.39 is 0 Å². The lowest BCUT2D eigenvalue weighted by molar-refractivity contribution is 0.309. The minimum Gasteiger partial charge on any atom is -0.494 e. The molecule has 0 heterocycles. The monoisotopic (exact) mass is 249 g/mol. The lowest BCUT2D eigenvalue weighted by Gasteiger charge is -2.16. The van der Waals surface area contributed by atoms with Gasteiger partial charge in [-0.25, -0.2) is 0 Å². The van der Waals surface area contributed by atoms with Crippen LogP contribution >= 0.6 is 0 Å². The molecule has 1 atom stereocenters. The summed E-state index contributed by atoms with van der Waals surface area (Å²) in [5, 5.41) is 3.53. The second kappa shape index (κ2) is 8.15. The summed E-state index contributed by atoms with van der Waals surface area (Å²) in [4.78, 5) is 0. The minimum absolute atomic E-state index is 0.400. The van der Waals surface area contributed by atoms with E-state index in [1.165, 1.54) is 12.0 Å². The maximum atomic E-state index is 5.66. The number of nitrogens with one attached hydrogen (secondary N) is 1. The molecule has 0 aliphatic heterocycles. The third kappa shape index (κ3) is 5.54. The summed E-state index contributed by atoms with van der Waals surface area (Å²) in [6, 6.07) is 8.84. The van der Waals surface area contributed by atoms with Gasteiger partial charge < -0.3 is 10.1 Å². The average Bonchev–Trinajstić information content (AvgIpc) is 2.37. The summed E-state index contributed by atoms with van der Waals surface area (Å²) in [7, 11) is 0. The molecule has 1 N–H and O–H groups in total. The molecule has 0 saturated heterocycles. The standard InChI is InChI=1S/C16H27NO/c1-5-6-11-18-16-9-7-15(8-10-16)14(4)17-12-13(2)3/h7-10,13-14,17H,5-6,11-12H2,1-4H3/t14-/m1/s1. The molecule has 0 fully saturated rings. The fraction of sp³-hybridized carbons (Fsp3) is 0.625. The molecule has 0 spiro atoms. The van der Waals surface area contributed by atoms with Gasteiger partial charge in [-0.2, -0.15) is 0 Å². The van der Waals surface area contributed by atoms with Gasteiger partial charge in [0.1, 0.15) is 5.75 Å². The van der Waals surface area contributed by atoms with E-state index in [9.17, 15) is 0 Å². The van der Waals surface area contributed by atoms with Crippen LogP contribution in [0, 0.1) is 5.92 Å². The molecule has 1 rings (SSSR count). The maximum absolute atomic E-state index is 5.66. The molecular formula is C16H27NO. The van der Waals surface area contributed by atoms with Crippen LogP contribution in [0.15, 0.2) is 24.3 Å². The van der Waals surface area contributed by atoms with E-state index >= 15 is 0 Å². The van der Waals surface area contributed by atoms with Crippen molar-refractivity contribution in [3.8, 4) is 5.75 Å². The molecule has 18 heavy (non-hydrogen) atoms. The van der Waals surface area contributed by atoms with Gasteiger partial charge in [-0.05, 0) is 43.5 Å². The predicted molar refractivity (Wildman–Crippen MR) is 78.1 cm³/mol. The van der Waals surface area contributed by atoms with Crippen LogP contribution in [-0.2, 0) is 0 Å².